The van der Waals surface area contributed by atoms with Crippen LogP contribution >= 0.6 is 0 Å². The van der Waals surface area contributed by atoms with E-state index in [-0.39, 0.29) is 23.5 Å². The van der Waals surface area contributed by atoms with Crippen LogP contribution in [-0.2, 0) is 6.18 Å². The van der Waals surface area contributed by atoms with Crippen LogP contribution in [0.2, 0.25) is 0 Å². The van der Waals surface area contributed by atoms with Crippen LogP contribution < -0.4 is 11.1 Å². The summed E-state index contributed by atoms with van der Waals surface area (Å²) >= 11 is 0. The molecule has 0 aliphatic heterocycles. The molecule has 1 aliphatic carbocycles. The highest BCUT2D eigenvalue weighted by Crippen LogP contribution is 2.38. The summed E-state index contributed by atoms with van der Waals surface area (Å²) in [7, 11) is 0. The van der Waals surface area contributed by atoms with Crippen molar-refractivity contribution in [3.63, 3.8) is 0 Å². The molecule has 142 valence electrons. The summed E-state index contributed by atoms with van der Waals surface area (Å²) in [6.45, 7) is 0. The largest absolute Gasteiger partial charge is 0.418 e. The van der Waals surface area contributed by atoms with Crippen LogP contribution in [0.4, 0.5) is 19.0 Å². The number of nitrogens with zero attached hydrogens (tertiary/aromatic N) is 3. The SMILES string of the molecule is NC1CCCC(Nc2ccc(C(F)(F)F)c(-c3n[nH]c4ncccc34)n2)C1. The van der Waals surface area contributed by atoms with Crippen molar-refractivity contribution in [3.05, 3.63) is 36.0 Å². The number of hydrogen-bond acceptors (Lipinski definition) is 5. The Bertz CT molecular complexity index is 952. The van der Waals surface area contributed by atoms with Crippen molar-refractivity contribution in [1.82, 2.24) is 20.2 Å². The molecule has 0 amide bonds. The van der Waals surface area contributed by atoms with Crippen molar-refractivity contribution in [1.29, 1.82) is 0 Å². The molecule has 1 saturated carbocycles. The molecule has 6 nitrogen and oxygen atoms in total. The third-order valence-electron chi connectivity index (χ3n) is 4.83. The lowest BCUT2D eigenvalue weighted by molar-refractivity contribution is -0.137. The number of anilines is 1. The second-order valence-electron chi connectivity index (χ2n) is 6.83. The van der Waals surface area contributed by atoms with Crippen molar-refractivity contribution in [3.8, 4) is 11.4 Å². The normalized spacial score (nSPS) is 20.7. The van der Waals surface area contributed by atoms with Gasteiger partial charge in [-0.1, -0.05) is 0 Å². The molecule has 4 rings (SSSR count). The lowest BCUT2D eigenvalue weighted by Crippen LogP contribution is -2.35. The van der Waals surface area contributed by atoms with Crippen molar-refractivity contribution < 1.29 is 13.2 Å². The van der Waals surface area contributed by atoms with Gasteiger partial charge in [0.2, 0.25) is 0 Å². The zero-order valence-corrected chi connectivity index (χ0v) is 14.4. The Morgan fingerprint density at radius 1 is 1.15 bits per heavy atom. The number of nitrogens with one attached hydrogen (secondary N) is 2. The van der Waals surface area contributed by atoms with Gasteiger partial charge >= 0.3 is 6.18 Å². The quantitative estimate of drug-likeness (QED) is 0.648. The van der Waals surface area contributed by atoms with Crippen LogP contribution in [0.1, 0.15) is 31.2 Å². The molecule has 1 aliphatic rings. The van der Waals surface area contributed by atoms with Gasteiger partial charge in [0.05, 0.1) is 5.56 Å². The van der Waals surface area contributed by atoms with Gasteiger partial charge in [-0.05, 0) is 49.9 Å². The zero-order valence-electron chi connectivity index (χ0n) is 14.4. The van der Waals surface area contributed by atoms with E-state index < -0.39 is 11.7 Å². The molecule has 2 unspecified atom stereocenters. The molecule has 0 radical (unpaired) electrons. The summed E-state index contributed by atoms with van der Waals surface area (Å²) < 4.78 is 40.7. The highest BCUT2D eigenvalue weighted by Gasteiger charge is 2.36. The van der Waals surface area contributed by atoms with Gasteiger partial charge in [0, 0.05) is 23.7 Å². The fourth-order valence-electron chi connectivity index (χ4n) is 3.55. The van der Waals surface area contributed by atoms with E-state index in [2.05, 4.69) is 25.5 Å². The first-order valence-corrected chi connectivity index (χ1v) is 8.81. The number of fused-ring (bicyclic) bond motifs is 1. The average Bonchev–Trinajstić information content (AvgIpc) is 3.05. The number of aromatic amines is 1. The second kappa shape index (κ2) is 6.80. The van der Waals surface area contributed by atoms with Crippen LogP contribution in [0.3, 0.4) is 0 Å². The topological polar surface area (TPSA) is 92.5 Å². The standard InChI is InChI=1S/C18H19F3N6/c19-18(20,21)13-6-7-14(24-11-4-1-3-10(22)9-11)25-16(13)15-12-5-2-8-23-17(12)27-26-15/h2,5-8,10-11H,1,3-4,9,22H2,(H,24,25)(H,23,26,27). The van der Waals surface area contributed by atoms with Gasteiger partial charge in [-0.2, -0.15) is 18.3 Å². The highest BCUT2D eigenvalue weighted by molar-refractivity contribution is 5.90. The van der Waals surface area contributed by atoms with E-state index in [1.54, 1.807) is 18.3 Å². The van der Waals surface area contributed by atoms with Crippen LogP contribution in [0.5, 0.6) is 0 Å². The number of nitrogens with two attached hydrogens (primary N) is 1. The molecule has 4 N–H and O–H groups in total. The summed E-state index contributed by atoms with van der Waals surface area (Å²) in [5, 5.41) is 10.4. The highest BCUT2D eigenvalue weighted by atomic mass is 19.4. The second-order valence-corrected chi connectivity index (χ2v) is 6.83. The molecular formula is C18H19F3N6. The molecule has 0 saturated heterocycles. The number of rotatable bonds is 3. The third-order valence-corrected chi connectivity index (χ3v) is 4.83. The number of alkyl halides is 3. The zero-order chi connectivity index (χ0) is 19.0. The van der Waals surface area contributed by atoms with E-state index in [4.69, 9.17) is 5.73 Å². The van der Waals surface area contributed by atoms with E-state index in [1.807, 2.05) is 0 Å². The molecule has 0 aromatic carbocycles. The molecule has 27 heavy (non-hydrogen) atoms. The molecule has 3 aromatic rings. The molecule has 3 heterocycles. The van der Waals surface area contributed by atoms with Crippen molar-refractivity contribution in [2.75, 3.05) is 5.32 Å². The number of halogens is 3. The Kier molecular flexibility index (Phi) is 4.47. The Labute approximate surface area is 153 Å². The molecule has 9 heteroatoms. The number of aromatic nitrogens is 4. The van der Waals surface area contributed by atoms with Gasteiger partial charge in [0.15, 0.2) is 5.65 Å². The minimum absolute atomic E-state index is 0.100. The summed E-state index contributed by atoms with van der Waals surface area (Å²) in [4.78, 5) is 8.36. The lowest BCUT2D eigenvalue weighted by Gasteiger charge is -2.28. The third kappa shape index (κ3) is 3.59. The minimum atomic E-state index is -4.54. The van der Waals surface area contributed by atoms with Crippen molar-refractivity contribution in [2.24, 2.45) is 5.73 Å². The summed E-state index contributed by atoms with van der Waals surface area (Å²) in [5.74, 6) is 0.386. The smallest absolute Gasteiger partial charge is 0.367 e. The summed E-state index contributed by atoms with van der Waals surface area (Å²) in [6.07, 6.45) is 0.653. The van der Waals surface area contributed by atoms with Gasteiger partial charge in [0.1, 0.15) is 17.2 Å². The van der Waals surface area contributed by atoms with Gasteiger partial charge in [-0.25, -0.2) is 9.97 Å². The molecule has 0 spiro atoms. The summed E-state index contributed by atoms with van der Waals surface area (Å²) in [6, 6.07) is 5.93. The van der Waals surface area contributed by atoms with Crippen molar-refractivity contribution >= 4 is 16.9 Å². The van der Waals surface area contributed by atoms with Gasteiger partial charge in [0.25, 0.3) is 0 Å². The van der Waals surface area contributed by atoms with E-state index in [0.29, 0.717) is 16.9 Å². The lowest BCUT2D eigenvalue weighted by atomic mass is 9.91. The predicted octanol–water partition coefficient (Wildman–Crippen LogP) is 3.72. The van der Waals surface area contributed by atoms with Crippen LogP contribution in [0, 0.1) is 0 Å². The molecule has 2 atom stereocenters. The molecule has 1 fully saturated rings. The van der Waals surface area contributed by atoms with Crippen LogP contribution in [0.15, 0.2) is 30.5 Å². The first kappa shape index (κ1) is 17.7. The Morgan fingerprint density at radius 3 is 2.78 bits per heavy atom. The van der Waals surface area contributed by atoms with E-state index >= 15 is 0 Å². The van der Waals surface area contributed by atoms with Crippen LogP contribution in [-0.4, -0.2) is 32.2 Å². The number of pyridine rings is 2. The van der Waals surface area contributed by atoms with E-state index in [9.17, 15) is 13.2 Å². The van der Waals surface area contributed by atoms with Gasteiger partial charge in [-0.3, -0.25) is 5.10 Å². The first-order valence-electron chi connectivity index (χ1n) is 8.81. The van der Waals surface area contributed by atoms with Crippen LogP contribution in [0.25, 0.3) is 22.4 Å². The number of H-pyrrole nitrogens is 1. The Morgan fingerprint density at radius 2 is 2.00 bits per heavy atom. The van der Waals surface area contributed by atoms with Gasteiger partial charge < -0.3 is 11.1 Å². The first-order chi connectivity index (χ1) is 12.9. The average molecular weight is 376 g/mol. The van der Waals surface area contributed by atoms with Gasteiger partial charge in [-0.15, -0.1) is 0 Å². The molecular weight excluding hydrogens is 357 g/mol. The number of hydrogen-bond donors (Lipinski definition) is 3. The Balaban J connectivity index is 1.76. The fraction of sp³-hybridized carbons (Fsp3) is 0.389. The van der Waals surface area contributed by atoms with E-state index in [0.717, 1.165) is 31.7 Å². The van der Waals surface area contributed by atoms with E-state index in [1.165, 1.54) is 6.07 Å². The maximum absolute atomic E-state index is 13.6. The fourth-order valence-corrected chi connectivity index (χ4v) is 3.55. The maximum Gasteiger partial charge on any atom is 0.418 e. The Hall–Kier alpha value is -2.68. The maximum atomic E-state index is 13.6. The monoisotopic (exact) mass is 376 g/mol. The van der Waals surface area contributed by atoms with Crippen molar-refractivity contribution in [2.45, 2.75) is 43.9 Å². The molecule has 3 aromatic heterocycles. The minimum Gasteiger partial charge on any atom is -0.367 e. The molecule has 0 bridgehead atoms. The predicted molar refractivity (Wildman–Crippen MR) is 96.0 cm³/mol. The summed E-state index contributed by atoms with van der Waals surface area (Å²) in [5.41, 5.74) is 5.50.